The molecule has 71 valence electrons. The lowest BCUT2D eigenvalue weighted by Gasteiger charge is -2.00. The molecule has 0 atom stereocenters. The lowest BCUT2D eigenvalue weighted by atomic mass is 10.2. The maximum Gasteiger partial charge on any atom is 0.226 e. The van der Waals surface area contributed by atoms with Gasteiger partial charge in [-0.1, -0.05) is 18.2 Å². The van der Waals surface area contributed by atoms with Gasteiger partial charge in [0, 0.05) is 5.39 Å². The largest absolute Gasteiger partial charge is 0.254 e. The van der Waals surface area contributed by atoms with Gasteiger partial charge in [-0.3, -0.25) is 4.98 Å². The van der Waals surface area contributed by atoms with Crippen molar-refractivity contribution in [1.29, 1.82) is 0 Å². The summed E-state index contributed by atoms with van der Waals surface area (Å²) in [6.45, 7) is 0. The van der Waals surface area contributed by atoms with Gasteiger partial charge in [0.25, 0.3) is 0 Å². The summed E-state index contributed by atoms with van der Waals surface area (Å²) < 4.78 is 1.46. The molecule has 0 aliphatic carbocycles. The average Bonchev–Trinajstić information content (AvgIpc) is 2.82. The third-order valence-electron chi connectivity index (χ3n) is 2.13. The molecule has 5 nitrogen and oxygen atoms in total. The number of tetrazole rings is 1. The van der Waals surface area contributed by atoms with E-state index in [1.807, 2.05) is 30.3 Å². The van der Waals surface area contributed by atoms with Gasteiger partial charge in [0.05, 0.1) is 17.4 Å². The molecule has 2 heterocycles. The van der Waals surface area contributed by atoms with E-state index in [0.717, 1.165) is 16.6 Å². The molecular formula is C10H6N5. The Balaban J connectivity index is 2.22. The van der Waals surface area contributed by atoms with Gasteiger partial charge in [0.15, 0.2) is 0 Å². The molecule has 0 N–H and O–H groups in total. The van der Waals surface area contributed by atoms with E-state index < -0.39 is 0 Å². The van der Waals surface area contributed by atoms with E-state index in [4.69, 9.17) is 0 Å². The summed E-state index contributed by atoms with van der Waals surface area (Å²) in [4.78, 5) is 4.30. The number of pyridine rings is 1. The van der Waals surface area contributed by atoms with Crippen LogP contribution in [0.2, 0.25) is 0 Å². The molecule has 2 aromatic heterocycles. The van der Waals surface area contributed by atoms with Crippen molar-refractivity contribution in [3.8, 4) is 5.69 Å². The molecular weight excluding hydrogens is 190 g/mol. The SMILES string of the molecule is [c]1nnnn1-c1cnc2ccccc2c1. The highest BCUT2D eigenvalue weighted by atomic mass is 15.5. The van der Waals surface area contributed by atoms with Gasteiger partial charge in [-0.2, -0.15) is 4.68 Å². The molecule has 0 saturated carbocycles. The van der Waals surface area contributed by atoms with Gasteiger partial charge in [-0.05, 0) is 22.6 Å². The molecule has 0 amide bonds. The second-order valence-electron chi connectivity index (χ2n) is 3.08. The van der Waals surface area contributed by atoms with Gasteiger partial charge >= 0.3 is 0 Å². The molecule has 0 aliphatic heterocycles. The molecule has 0 bridgehead atoms. The van der Waals surface area contributed by atoms with Crippen molar-refractivity contribution in [2.45, 2.75) is 0 Å². The van der Waals surface area contributed by atoms with Crippen LogP contribution in [0.5, 0.6) is 0 Å². The fourth-order valence-electron chi connectivity index (χ4n) is 1.43. The van der Waals surface area contributed by atoms with Gasteiger partial charge in [0.2, 0.25) is 6.33 Å². The predicted octanol–water partition coefficient (Wildman–Crippen LogP) is 1.01. The normalized spacial score (nSPS) is 10.7. The highest BCUT2D eigenvalue weighted by molar-refractivity contribution is 5.79. The van der Waals surface area contributed by atoms with Crippen LogP contribution in [0.1, 0.15) is 0 Å². The minimum absolute atomic E-state index is 0.804. The van der Waals surface area contributed by atoms with Gasteiger partial charge in [0.1, 0.15) is 0 Å². The zero-order chi connectivity index (χ0) is 10.1. The highest BCUT2D eigenvalue weighted by Crippen LogP contribution is 2.14. The molecule has 5 heteroatoms. The van der Waals surface area contributed by atoms with Crippen molar-refractivity contribution in [3.05, 3.63) is 42.9 Å². The molecule has 0 fully saturated rings. The fraction of sp³-hybridized carbons (Fsp3) is 0. The first-order valence-corrected chi connectivity index (χ1v) is 4.45. The third kappa shape index (κ3) is 1.34. The Morgan fingerprint density at radius 1 is 1.20 bits per heavy atom. The molecule has 15 heavy (non-hydrogen) atoms. The Kier molecular flexibility index (Phi) is 1.68. The first-order chi connectivity index (χ1) is 7.43. The summed E-state index contributed by atoms with van der Waals surface area (Å²) in [7, 11) is 0. The Morgan fingerprint density at radius 3 is 3.00 bits per heavy atom. The lowest BCUT2D eigenvalue weighted by molar-refractivity contribution is 0.786. The van der Waals surface area contributed by atoms with Crippen molar-refractivity contribution >= 4 is 10.9 Å². The summed E-state index contributed by atoms with van der Waals surface area (Å²) >= 11 is 0. The van der Waals surface area contributed by atoms with Crippen LogP contribution >= 0.6 is 0 Å². The summed E-state index contributed by atoms with van der Waals surface area (Å²) in [6.07, 6.45) is 4.34. The summed E-state index contributed by atoms with van der Waals surface area (Å²) in [5, 5.41) is 11.8. The minimum Gasteiger partial charge on any atom is -0.254 e. The van der Waals surface area contributed by atoms with Gasteiger partial charge in [-0.15, -0.1) is 5.10 Å². The second-order valence-corrected chi connectivity index (χ2v) is 3.08. The molecule has 3 rings (SSSR count). The maximum atomic E-state index is 4.30. The first-order valence-electron chi connectivity index (χ1n) is 4.45. The number of benzene rings is 1. The second kappa shape index (κ2) is 3.13. The van der Waals surface area contributed by atoms with E-state index in [0.29, 0.717) is 0 Å². The molecule has 1 radical (unpaired) electrons. The van der Waals surface area contributed by atoms with E-state index >= 15 is 0 Å². The molecule has 1 aromatic carbocycles. The van der Waals surface area contributed by atoms with E-state index in [1.165, 1.54) is 4.68 Å². The van der Waals surface area contributed by atoms with Crippen LogP contribution in [-0.4, -0.2) is 25.2 Å². The zero-order valence-electron chi connectivity index (χ0n) is 7.70. The maximum absolute atomic E-state index is 4.30. The highest BCUT2D eigenvalue weighted by Gasteiger charge is 2.00. The van der Waals surface area contributed by atoms with E-state index in [-0.39, 0.29) is 0 Å². The number of rotatable bonds is 1. The number of aromatic nitrogens is 5. The number of fused-ring (bicyclic) bond motifs is 1. The van der Waals surface area contributed by atoms with Crippen molar-refractivity contribution < 1.29 is 0 Å². The standard InChI is InChI=1S/C10H6N5/c1-2-4-10-8(3-1)5-9(6-11-10)15-7-12-13-14-15/h1-6H. The van der Waals surface area contributed by atoms with Gasteiger partial charge < -0.3 is 0 Å². The van der Waals surface area contributed by atoms with Crippen LogP contribution in [0.3, 0.4) is 0 Å². The summed E-state index contributed by atoms with van der Waals surface area (Å²) in [5.41, 5.74) is 1.76. The Morgan fingerprint density at radius 2 is 2.13 bits per heavy atom. The number of hydrogen-bond acceptors (Lipinski definition) is 4. The van der Waals surface area contributed by atoms with Crippen LogP contribution in [0.15, 0.2) is 36.5 Å². The smallest absolute Gasteiger partial charge is 0.226 e. The quantitative estimate of drug-likeness (QED) is 0.582. The molecule has 3 aromatic rings. The van der Waals surface area contributed by atoms with Gasteiger partial charge in [-0.25, -0.2) is 0 Å². The van der Waals surface area contributed by atoms with Crippen LogP contribution in [-0.2, 0) is 0 Å². The molecule has 0 saturated heterocycles. The molecule has 0 unspecified atom stereocenters. The van der Waals surface area contributed by atoms with Crippen LogP contribution in [0, 0.1) is 6.33 Å². The van der Waals surface area contributed by atoms with Crippen molar-refractivity contribution in [3.63, 3.8) is 0 Å². The number of nitrogens with zero attached hydrogens (tertiary/aromatic N) is 5. The lowest BCUT2D eigenvalue weighted by Crippen LogP contribution is -1.96. The van der Waals surface area contributed by atoms with E-state index in [1.54, 1.807) is 6.20 Å². The summed E-state index contributed by atoms with van der Waals surface area (Å²) in [6, 6.07) is 9.85. The fourth-order valence-corrected chi connectivity index (χ4v) is 1.43. The Hall–Kier alpha value is -2.30. The monoisotopic (exact) mass is 196 g/mol. The zero-order valence-corrected chi connectivity index (χ0v) is 7.70. The van der Waals surface area contributed by atoms with Crippen LogP contribution < -0.4 is 0 Å². The van der Waals surface area contributed by atoms with Crippen molar-refractivity contribution in [2.24, 2.45) is 0 Å². The minimum atomic E-state index is 0.804. The van der Waals surface area contributed by atoms with Crippen molar-refractivity contribution in [2.75, 3.05) is 0 Å². The Bertz CT molecular complexity index is 588. The van der Waals surface area contributed by atoms with Crippen LogP contribution in [0.25, 0.3) is 16.6 Å². The average molecular weight is 196 g/mol. The molecule has 0 spiro atoms. The molecule has 0 aliphatic rings. The van der Waals surface area contributed by atoms with Crippen LogP contribution in [0.4, 0.5) is 0 Å². The van der Waals surface area contributed by atoms with E-state index in [9.17, 15) is 0 Å². The number of para-hydroxylation sites is 1. The third-order valence-corrected chi connectivity index (χ3v) is 2.13. The summed E-state index contributed by atoms with van der Waals surface area (Å²) in [5.74, 6) is 0. The van der Waals surface area contributed by atoms with E-state index in [2.05, 4.69) is 26.8 Å². The predicted molar refractivity (Wildman–Crippen MR) is 53.3 cm³/mol. The van der Waals surface area contributed by atoms with Crippen molar-refractivity contribution in [1.82, 2.24) is 25.2 Å². The first kappa shape index (κ1) is 8.05. The Labute approximate surface area is 85.4 Å². The topological polar surface area (TPSA) is 56.5 Å². The number of hydrogen-bond donors (Lipinski definition) is 0.